The molecule has 1 atom stereocenters. The Kier molecular flexibility index (Phi) is 3.94. The number of ether oxygens (including phenoxy) is 1. The summed E-state index contributed by atoms with van der Waals surface area (Å²) in [5, 5.41) is 3.01. The molecule has 1 aromatic heterocycles. The minimum Gasteiger partial charge on any atom is -0.494 e. The van der Waals surface area contributed by atoms with Crippen molar-refractivity contribution < 1.29 is 13.5 Å². The maximum Gasteiger partial charge on any atom is 0.214 e. The molecule has 0 fully saturated rings. The van der Waals surface area contributed by atoms with Gasteiger partial charge >= 0.3 is 0 Å². The number of halogens is 2. The Morgan fingerprint density at radius 1 is 1.21 bits per heavy atom. The van der Waals surface area contributed by atoms with Gasteiger partial charge in [-0.25, -0.2) is 9.37 Å². The van der Waals surface area contributed by atoms with Crippen molar-refractivity contribution in [3.8, 4) is 5.75 Å². The molecule has 0 saturated heterocycles. The molecule has 0 amide bonds. The number of nitrogens with one attached hydrogen (secondary N) is 1. The number of anilines is 1. The van der Waals surface area contributed by atoms with Crippen molar-refractivity contribution in [1.82, 2.24) is 4.98 Å². The van der Waals surface area contributed by atoms with Gasteiger partial charge in [-0.3, -0.25) is 0 Å². The second-order valence-corrected chi connectivity index (χ2v) is 4.11. The molecule has 0 aliphatic rings. The van der Waals surface area contributed by atoms with E-state index >= 15 is 0 Å². The fourth-order valence-electron chi connectivity index (χ4n) is 1.75. The van der Waals surface area contributed by atoms with Crippen molar-refractivity contribution in [2.45, 2.75) is 13.0 Å². The van der Waals surface area contributed by atoms with Crippen LogP contribution in [0.25, 0.3) is 0 Å². The maximum absolute atomic E-state index is 13.6. The zero-order valence-electron chi connectivity index (χ0n) is 10.7. The van der Waals surface area contributed by atoms with Gasteiger partial charge in [0.15, 0.2) is 11.6 Å². The van der Waals surface area contributed by atoms with E-state index in [-0.39, 0.29) is 11.8 Å². The Balaban J connectivity index is 2.15. The van der Waals surface area contributed by atoms with E-state index < -0.39 is 11.8 Å². The van der Waals surface area contributed by atoms with Crippen LogP contribution < -0.4 is 10.1 Å². The first kappa shape index (κ1) is 13.3. The molecule has 0 aliphatic heterocycles. The van der Waals surface area contributed by atoms with Gasteiger partial charge in [-0.2, -0.15) is 4.39 Å². The molecule has 100 valence electrons. The van der Waals surface area contributed by atoms with E-state index in [4.69, 9.17) is 4.74 Å². The molecule has 0 aliphatic carbocycles. The summed E-state index contributed by atoms with van der Waals surface area (Å²) < 4.78 is 31.4. The average molecular weight is 264 g/mol. The number of hydrogen-bond acceptors (Lipinski definition) is 3. The lowest BCUT2D eigenvalue weighted by molar-refractivity contribution is 0.386. The molecule has 0 radical (unpaired) electrons. The van der Waals surface area contributed by atoms with E-state index in [1.165, 1.54) is 19.2 Å². The molecule has 1 aromatic carbocycles. The molecule has 5 heteroatoms. The predicted molar refractivity (Wildman–Crippen MR) is 69.2 cm³/mol. The topological polar surface area (TPSA) is 34.1 Å². The molecule has 3 nitrogen and oxygen atoms in total. The van der Waals surface area contributed by atoms with Crippen LogP contribution in [-0.2, 0) is 0 Å². The van der Waals surface area contributed by atoms with Crippen LogP contribution in [-0.4, -0.2) is 12.1 Å². The second-order valence-electron chi connectivity index (χ2n) is 4.11. The van der Waals surface area contributed by atoms with Crippen molar-refractivity contribution >= 4 is 5.82 Å². The molecular weight excluding hydrogens is 250 g/mol. The summed E-state index contributed by atoms with van der Waals surface area (Å²) >= 11 is 0. The number of hydrogen-bond donors (Lipinski definition) is 1. The lowest BCUT2D eigenvalue weighted by Crippen LogP contribution is -2.08. The summed E-state index contributed by atoms with van der Waals surface area (Å²) in [6.45, 7) is 1.84. The highest BCUT2D eigenvalue weighted by Gasteiger charge is 2.10. The first-order chi connectivity index (χ1) is 9.10. The van der Waals surface area contributed by atoms with Crippen molar-refractivity contribution in [3.63, 3.8) is 0 Å². The van der Waals surface area contributed by atoms with E-state index in [2.05, 4.69) is 10.3 Å². The molecule has 1 unspecified atom stereocenters. The van der Waals surface area contributed by atoms with Gasteiger partial charge in [-0.05, 0) is 36.8 Å². The summed E-state index contributed by atoms with van der Waals surface area (Å²) in [7, 11) is 1.41. The molecule has 19 heavy (non-hydrogen) atoms. The van der Waals surface area contributed by atoms with Crippen LogP contribution in [0.4, 0.5) is 14.6 Å². The summed E-state index contributed by atoms with van der Waals surface area (Å²) in [5.74, 6) is -0.387. The van der Waals surface area contributed by atoms with Gasteiger partial charge in [0.1, 0.15) is 5.82 Å². The first-order valence-corrected chi connectivity index (χ1v) is 5.82. The van der Waals surface area contributed by atoms with E-state index in [9.17, 15) is 8.78 Å². The van der Waals surface area contributed by atoms with E-state index in [1.807, 2.05) is 6.92 Å². The lowest BCUT2D eigenvalue weighted by atomic mass is 10.1. The highest BCUT2D eigenvalue weighted by molar-refractivity contribution is 5.39. The quantitative estimate of drug-likeness (QED) is 0.858. The third-order valence-electron chi connectivity index (χ3n) is 2.76. The Bertz CT molecular complexity index is 575. The third kappa shape index (κ3) is 3.19. The second kappa shape index (κ2) is 5.65. The number of aromatic nitrogens is 1. The highest BCUT2D eigenvalue weighted by atomic mass is 19.1. The third-order valence-corrected chi connectivity index (χ3v) is 2.76. The molecular formula is C14H14F2N2O. The molecule has 0 saturated carbocycles. The van der Waals surface area contributed by atoms with E-state index in [0.29, 0.717) is 5.82 Å². The van der Waals surface area contributed by atoms with Crippen LogP contribution >= 0.6 is 0 Å². The number of rotatable bonds is 4. The van der Waals surface area contributed by atoms with Crippen molar-refractivity contribution in [2.75, 3.05) is 12.4 Å². The Hall–Kier alpha value is -2.17. The summed E-state index contributed by atoms with van der Waals surface area (Å²) in [6.07, 6.45) is 0. The van der Waals surface area contributed by atoms with Crippen LogP contribution in [0, 0.1) is 11.8 Å². The van der Waals surface area contributed by atoms with Gasteiger partial charge < -0.3 is 10.1 Å². The lowest BCUT2D eigenvalue weighted by Gasteiger charge is -2.15. The van der Waals surface area contributed by atoms with Gasteiger partial charge in [0, 0.05) is 0 Å². The van der Waals surface area contributed by atoms with E-state index in [1.54, 1.807) is 24.3 Å². The minimum atomic E-state index is -0.557. The molecule has 2 aromatic rings. The highest BCUT2D eigenvalue weighted by Crippen LogP contribution is 2.23. The van der Waals surface area contributed by atoms with Crippen molar-refractivity contribution in [1.29, 1.82) is 0 Å². The average Bonchev–Trinajstić information content (AvgIpc) is 2.38. The maximum atomic E-state index is 13.6. The zero-order chi connectivity index (χ0) is 13.8. The smallest absolute Gasteiger partial charge is 0.214 e. The normalized spacial score (nSPS) is 12.0. The largest absolute Gasteiger partial charge is 0.494 e. The van der Waals surface area contributed by atoms with Gasteiger partial charge in [-0.1, -0.05) is 12.1 Å². The SMILES string of the molecule is COc1ccc(C(C)Nc2cccc(F)n2)cc1F. The summed E-state index contributed by atoms with van der Waals surface area (Å²) in [6, 6.07) is 8.97. The van der Waals surface area contributed by atoms with Gasteiger partial charge in [0.05, 0.1) is 13.2 Å². The number of pyridine rings is 1. The first-order valence-electron chi connectivity index (χ1n) is 5.82. The van der Waals surface area contributed by atoms with E-state index in [0.717, 1.165) is 5.56 Å². The number of methoxy groups -OCH3 is 1. The Labute approximate surface area is 110 Å². The monoisotopic (exact) mass is 264 g/mol. The van der Waals surface area contributed by atoms with Crippen LogP contribution in [0.3, 0.4) is 0 Å². The fraction of sp³-hybridized carbons (Fsp3) is 0.214. The number of benzene rings is 1. The number of nitrogens with zero attached hydrogens (tertiary/aromatic N) is 1. The van der Waals surface area contributed by atoms with Crippen LogP contribution in [0.1, 0.15) is 18.5 Å². The van der Waals surface area contributed by atoms with Gasteiger partial charge in [0.25, 0.3) is 0 Å². The van der Waals surface area contributed by atoms with Crippen LogP contribution in [0.15, 0.2) is 36.4 Å². The Morgan fingerprint density at radius 2 is 2.00 bits per heavy atom. The van der Waals surface area contributed by atoms with Gasteiger partial charge in [0.2, 0.25) is 5.95 Å². The summed E-state index contributed by atoms with van der Waals surface area (Å²) in [5.41, 5.74) is 0.726. The summed E-state index contributed by atoms with van der Waals surface area (Å²) in [4.78, 5) is 3.70. The molecule has 1 N–H and O–H groups in total. The minimum absolute atomic E-state index is 0.194. The molecule has 1 heterocycles. The van der Waals surface area contributed by atoms with Crippen LogP contribution in [0.5, 0.6) is 5.75 Å². The Morgan fingerprint density at radius 3 is 2.63 bits per heavy atom. The molecule has 2 rings (SSSR count). The molecule has 0 spiro atoms. The zero-order valence-corrected chi connectivity index (χ0v) is 10.7. The van der Waals surface area contributed by atoms with Gasteiger partial charge in [-0.15, -0.1) is 0 Å². The predicted octanol–water partition coefficient (Wildman–Crippen LogP) is 3.54. The van der Waals surface area contributed by atoms with Crippen molar-refractivity contribution in [3.05, 3.63) is 53.7 Å². The fourth-order valence-corrected chi connectivity index (χ4v) is 1.75. The van der Waals surface area contributed by atoms with Crippen LogP contribution in [0.2, 0.25) is 0 Å². The molecule has 0 bridgehead atoms. The standard InChI is InChI=1S/C14H14F2N2O/c1-9(17-14-5-3-4-13(16)18-14)10-6-7-12(19-2)11(15)8-10/h3-9H,1-2H3,(H,17,18). The van der Waals surface area contributed by atoms with Crippen molar-refractivity contribution in [2.24, 2.45) is 0 Å².